The van der Waals surface area contributed by atoms with E-state index in [-0.39, 0.29) is 24.4 Å². The van der Waals surface area contributed by atoms with Crippen LogP contribution >= 0.6 is 0 Å². The van der Waals surface area contributed by atoms with Crippen molar-refractivity contribution in [2.24, 2.45) is 5.73 Å². The van der Waals surface area contributed by atoms with Gasteiger partial charge in [0.05, 0.1) is 12.6 Å². The molecule has 2 aliphatic heterocycles. The first-order valence-corrected chi connectivity index (χ1v) is 9.74. The van der Waals surface area contributed by atoms with Crippen LogP contribution in [0, 0.1) is 5.82 Å². The Bertz CT molecular complexity index is 894. The highest BCUT2D eigenvalue weighted by Gasteiger charge is 2.37. The summed E-state index contributed by atoms with van der Waals surface area (Å²) in [5.74, 6) is -0.418. The van der Waals surface area contributed by atoms with Crippen LogP contribution in [0.25, 0.3) is 0 Å². The number of rotatable bonds is 3. The molecule has 4 rings (SSSR count). The van der Waals surface area contributed by atoms with Gasteiger partial charge in [-0.3, -0.25) is 4.79 Å². The first kappa shape index (κ1) is 19.4. The van der Waals surface area contributed by atoms with Crippen molar-refractivity contribution < 1.29 is 23.5 Å². The number of ether oxygens (including phenoxy) is 2. The van der Waals surface area contributed by atoms with Crippen LogP contribution in [-0.4, -0.2) is 42.3 Å². The van der Waals surface area contributed by atoms with E-state index in [1.165, 1.54) is 17.7 Å². The quantitative estimate of drug-likeness (QED) is 0.862. The van der Waals surface area contributed by atoms with Gasteiger partial charge in [-0.1, -0.05) is 36.4 Å². The molecule has 0 spiro atoms. The average molecular weight is 398 g/mol. The first-order chi connectivity index (χ1) is 14.0. The fraction of sp³-hybridized carbons (Fsp3) is 0.364. The Morgan fingerprint density at radius 3 is 2.55 bits per heavy atom. The lowest BCUT2D eigenvalue weighted by Gasteiger charge is -2.40. The summed E-state index contributed by atoms with van der Waals surface area (Å²) in [5, 5.41) is 0. The number of halogens is 1. The van der Waals surface area contributed by atoms with Gasteiger partial charge in [-0.15, -0.1) is 0 Å². The molecule has 0 unspecified atom stereocenters. The highest BCUT2D eigenvalue weighted by atomic mass is 19.1. The Labute approximate surface area is 168 Å². The normalized spacial score (nSPS) is 23.9. The lowest BCUT2D eigenvalue weighted by molar-refractivity contribution is -0.153. The monoisotopic (exact) mass is 398 g/mol. The second kappa shape index (κ2) is 8.21. The van der Waals surface area contributed by atoms with Crippen molar-refractivity contribution in [3.63, 3.8) is 0 Å². The maximum absolute atomic E-state index is 13.5. The summed E-state index contributed by atoms with van der Waals surface area (Å²) < 4.78 is 24.2. The van der Waals surface area contributed by atoms with Gasteiger partial charge in [0.1, 0.15) is 18.0 Å². The molecule has 29 heavy (non-hydrogen) atoms. The van der Waals surface area contributed by atoms with E-state index in [1.807, 2.05) is 23.1 Å². The second-order valence-corrected chi connectivity index (χ2v) is 7.39. The molecule has 1 saturated heterocycles. The SMILES string of the molecule is NC(=O)O[C@H]1CC[C@H](C(=O)N2CCc3ccccc3[C@@H]2c2ccc(F)cc2)OC1. The van der Waals surface area contributed by atoms with Gasteiger partial charge in [0, 0.05) is 6.54 Å². The third-order valence-corrected chi connectivity index (χ3v) is 5.54. The fourth-order valence-corrected chi connectivity index (χ4v) is 4.17. The first-order valence-electron chi connectivity index (χ1n) is 9.74. The van der Waals surface area contributed by atoms with Crippen molar-refractivity contribution in [2.75, 3.05) is 13.2 Å². The van der Waals surface area contributed by atoms with E-state index in [9.17, 15) is 14.0 Å². The van der Waals surface area contributed by atoms with Crippen LogP contribution in [-0.2, 0) is 20.7 Å². The molecule has 2 heterocycles. The minimum absolute atomic E-state index is 0.105. The summed E-state index contributed by atoms with van der Waals surface area (Å²) >= 11 is 0. The molecule has 7 heteroatoms. The van der Waals surface area contributed by atoms with Gasteiger partial charge < -0.3 is 20.1 Å². The molecule has 0 aliphatic carbocycles. The van der Waals surface area contributed by atoms with Crippen LogP contribution in [0.15, 0.2) is 48.5 Å². The fourth-order valence-electron chi connectivity index (χ4n) is 4.17. The van der Waals surface area contributed by atoms with E-state index in [2.05, 4.69) is 6.07 Å². The number of nitrogens with two attached hydrogens (primary N) is 1. The van der Waals surface area contributed by atoms with Gasteiger partial charge in [0.25, 0.3) is 5.91 Å². The van der Waals surface area contributed by atoms with Crippen molar-refractivity contribution >= 4 is 12.0 Å². The highest BCUT2D eigenvalue weighted by Crippen LogP contribution is 2.36. The predicted molar refractivity (Wildman–Crippen MR) is 104 cm³/mol. The lowest BCUT2D eigenvalue weighted by atomic mass is 9.87. The summed E-state index contributed by atoms with van der Waals surface area (Å²) in [5.41, 5.74) is 8.14. The minimum Gasteiger partial charge on any atom is -0.444 e. The second-order valence-electron chi connectivity index (χ2n) is 7.39. The van der Waals surface area contributed by atoms with Crippen LogP contribution in [0.1, 0.15) is 35.6 Å². The van der Waals surface area contributed by atoms with E-state index < -0.39 is 18.3 Å². The van der Waals surface area contributed by atoms with E-state index in [4.69, 9.17) is 15.2 Å². The standard InChI is InChI=1S/C22H23FN2O4/c23-16-7-5-15(6-8-16)20-18-4-2-1-3-14(18)11-12-25(20)21(26)19-10-9-17(13-28-19)29-22(24)27/h1-8,17,19-20H,9-13H2,(H2,24,27)/t17-,19+,20-/m0/s1. The molecule has 2 aromatic carbocycles. The van der Waals surface area contributed by atoms with Gasteiger partial charge in [-0.25, -0.2) is 9.18 Å². The average Bonchev–Trinajstić information content (AvgIpc) is 2.73. The highest BCUT2D eigenvalue weighted by molar-refractivity contribution is 5.82. The number of nitrogens with zero attached hydrogens (tertiary/aromatic N) is 1. The number of hydrogen-bond acceptors (Lipinski definition) is 4. The topological polar surface area (TPSA) is 81.9 Å². The van der Waals surface area contributed by atoms with Gasteiger partial charge in [-0.05, 0) is 48.1 Å². The Balaban J connectivity index is 1.58. The molecule has 2 N–H and O–H groups in total. The number of carbonyl (C=O) groups is 2. The maximum Gasteiger partial charge on any atom is 0.404 e. The van der Waals surface area contributed by atoms with Gasteiger partial charge in [0.2, 0.25) is 0 Å². The maximum atomic E-state index is 13.5. The zero-order chi connectivity index (χ0) is 20.4. The van der Waals surface area contributed by atoms with Crippen LogP contribution < -0.4 is 5.73 Å². The van der Waals surface area contributed by atoms with Crippen molar-refractivity contribution in [1.29, 1.82) is 0 Å². The molecule has 6 nitrogen and oxygen atoms in total. The van der Waals surface area contributed by atoms with Crippen LogP contribution in [0.5, 0.6) is 0 Å². The summed E-state index contributed by atoms with van der Waals surface area (Å²) in [6, 6.07) is 14.0. The number of primary amides is 1. The largest absolute Gasteiger partial charge is 0.444 e. The minimum atomic E-state index is -0.840. The summed E-state index contributed by atoms with van der Waals surface area (Å²) in [7, 11) is 0. The molecule has 2 amide bonds. The summed E-state index contributed by atoms with van der Waals surface area (Å²) in [4.78, 5) is 26.1. The van der Waals surface area contributed by atoms with E-state index in [0.717, 1.165) is 17.5 Å². The lowest BCUT2D eigenvalue weighted by Crippen LogP contribution is -2.48. The predicted octanol–water partition coefficient (Wildman–Crippen LogP) is 2.94. The van der Waals surface area contributed by atoms with E-state index in [1.54, 1.807) is 12.1 Å². The Hall–Kier alpha value is -2.93. The zero-order valence-electron chi connectivity index (χ0n) is 15.9. The Morgan fingerprint density at radius 1 is 1.10 bits per heavy atom. The van der Waals surface area contributed by atoms with Crippen molar-refractivity contribution in [1.82, 2.24) is 4.90 Å². The van der Waals surface area contributed by atoms with Crippen molar-refractivity contribution in [3.05, 3.63) is 71.0 Å². The van der Waals surface area contributed by atoms with Crippen molar-refractivity contribution in [3.8, 4) is 0 Å². The molecular weight excluding hydrogens is 375 g/mol. The molecule has 3 atom stereocenters. The smallest absolute Gasteiger partial charge is 0.404 e. The third kappa shape index (κ3) is 4.10. The molecule has 0 bridgehead atoms. The number of benzene rings is 2. The van der Waals surface area contributed by atoms with Crippen LogP contribution in [0.2, 0.25) is 0 Å². The number of carbonyl (C=O) groups excluding carboxylic acids is 2. The molecule has 0 aromatic heterocycles. The molecular formula is C22H23FN2O4. The van der Waals surface area contributed by atoms with E-state index in [0.29, 0.717) is 19.4 Å². The molecule has 0 saturated carbocycles. The number of amides is 2. The van der Waals surface area contributed by atoms with E-state index >= 15 is 0 Å². The van der Waals surface area contributed by atoms with Gasteiger partial charge in [0.15, 0.2) is 0 Å². The molecule has 152 valence electrons. The van der Waals surface area contributed by atoms with Gasteiger partial charge in [-0.2, -0.15) is 0 Å². The third-order valence-electron chi connectivity index (χ3n) is 5.54. The number of fused-ring (bicyclic) bond motifs is 1. The van der Waals surface area contributed by atoms with Gasteiger partial charge >= 0.3 is 6.09 Å². The Morgan fingerprint density at radius 2 is 1.86 bits per heavy atom. The summed E-state index contributed by atoms with van der Waals surface area (Å²) in [6.07, 6.45) is -0.148. The Kier molecular flexibility index (Phi) is 5.49. The summed E-state index contributed by atoms with van der Waals surface area (Å²) in [6.45, 7) is 0.698. The number of hydrogen-bond donors (Lipinski definition) is 1. The molecule has 2 aromatic rings. The molecule has 2 aliphatic rings. The van der Waals surface area contributed by atoms with Crippen molar-refractivity contribution in [2.45, 2.75) is 37.5 Å². The molecule has 1 fully saturated rings. The molecule has 0 radical (unpaired) electrons. The van der Waals surface area contributed by atoms with Crippen LogP contribution in [0.3, 0.4) is 0 Å². The zero-order valence-corrected chi connectivity index (χ0v) is 15.9. The van der Waals surface area contributed by atoms with Crippen LogP contribution in [0.4, 0.5) is 9.18 Å².